The van der Waals surface area contributed by atoms with Gasteiger partial charge in [0, 0.05) is 35.9 Å². The number of carbonyl (C=O) groups is 1. The summed E-state index contributed by atoms with van der Waals surface area (Å²) in [6, 6.07) is 9.34. The zero-order valence-corrected chi connectivity index (χ0v) is 17.6. The van der Waals surface area contributed by atoms with Gasteiger partial charge in [0.1, 0.15) is 23.2 Å². The highest BCUT2D eigenvalue weighted by Crippen LogP contribution is 2.26. The second kappa shape index (κ2) is 10.6. The van der Waals surface area contributed by atoms with Gasteiger partial charge in [-0.1, -0.05) is 12.1 Å². The first-order valence-corrected chi connectivity index (χ1v) is 9.63. The van der Waals surface area contributed by atoms with Gasteiger partial charge in [-0.3, -0.25) is 10.2 Å². The Morgan fingerprint density at radius 1 is 1.23 bits per heavy atom. The molecule has 2 aromatic carbocycles. The molecule has 0 radical (unpaired) electrons. The van der Waals surface area contributed by atoms with Crippen LogP contribution in [-0.4, -0.2) is 31.6 Å². The third-order valence-electron chi connectivity index (χ3n) is 4.26. The molecule has 30 heavy (non-hydrogen) atoms. The summed E-state index contributed by atoms with van der Waals surface area (Å²) in [7, 11) is 1.44. The van der Waals surface area contributed by atoms with E-state index in [-0.39, 0.29) is 30.7 Å². The van der Waals surface area contributed by atoms with E-state index in [9.17, 15) is 9.18 Å². The Labute approximate surface area is 175 Å². The molecule has 0 heterocycles. The van der Waals surface area contributed by atoms with E-state index in [0.717, 1.165) is 0 Å². The standard InChI is InChI=1S/C22H28FN3O4/c1-5-29-20(17-9-8-16(28-4)11-18(17)23)22(27)26-12-15-7-6-14(21(24)25)10-19(15)30-13(2)3/h6-11,13,20H,5,12H2,1-4H3,(H3,24,25)(H,26,27)/t20-/m0/s1. The van der Waals surface area contributed by atoms with Crippen molar-refractivity contribution in [2.24, 2.45) is 5.73 Å². The SMILES string of the molecule is CCO[C@H](C(=O)NCc1ccc(C(=N)N)cc1OC(C)C)c1ccc(OC)cc1F. The van der Waals surface area contributed by atoms with Gasteiger partial charge in [-0.05, 0) is 39.0 Å². The van der Waals surface area contributed by atoms with Crippen LogP contribution in [0.2, 0.25) is 0 Å². The monoisotopic (exact) mass is 417 g/mol. The maximum atomic E-state index is 14.5. The smallest absolute Gasteiger partial charge is 0.254 e. The van der Waals surface area contributed by atoms with Crippen LogP contribution in [0.4, 0.5) is 4.39 Å². The number of benzene rings is 2. The molecule has 0 saturated carbocycles. The summed E-state index contributed by atoms with van der Waals surface area (Å²) >= 11 is 0. The lowest BCUT2D eigenvalue weighted by atomic mass is 10.1. The van der Waals surface area contributed by atoms with Gasteiger partial charge < -0.3 is 25.3 Å². The molecular formula is C22H28FN3O4. The predicted octanol–water partition coefficient (Wildman–Crippen LogP) is 3.30. The van der Waals surface area contributed by atoms with Crippen LogP contribution in [0.5, 0.6) is 11.5 Å². The van der Waals surface area contributed by atoms with Gasteiger partial charge >= 0.3 is 0 Å². The van der Waals surface area contributed by atoms with E-state index in [1.807, 2.05) is 13.8 Å². The van der Waals surface area contributed by atoms with Gasteiger partial charge in [0.15, 0.2) is 6.10 Å². The number of hydrogen-bond donors (Lipinski definition) is 3. The van der Waals surface area contributed by atoms with Crippen LogP contribution < -0.4 is 20.5 Å². The molecule has 4 N–H and O–H groups in total. The quantitative estimate of drug-likeness (QED) is 0.406. The van der Waals surface area contributed by atoms with Crippen molar-refractivity contribution in [2.45, 2.75) is 39.5 Å². The third-order valence-corrected chi connectivity index (χ3v) is 4.26. The topological polar surface area (TPSA) is 107 Å². The molecule has 0 spiro atoms. The molecule has 0 saturated heterocycles. The normalized spacial score (nSPS) is 11.8. The highest BCUT2D eigenvalue weighted by molar-refractivity contribution is 5.95. The first-order valence-electron chi connectivity index (χ1n) is 9.63. The molecule has 0 aromatic heterocycles. The van der Waals surface area contributed by atoms with Gasteiger partial charge in [0.05, 0.1) is 13.2 Å². The Kier molecular flexibility index (Phi) is 8.17. The van der Waals surface area contributed by atoms with Crippen LogP contribution in [-0.2, 0) is 16.1 Å². The number of amides is 1. The second-order valence-corrected chi connectivity index (χ2v) is 6.84. The van der Waals surface area contributed by atoms with Crippen LogP contribution in [0, 0.1) is 11.2 Å². The van der Waals surface area contributed by atoms with E-state index in [1.54, 1.807) is 31.2 Å². The molecule has 0 aliphatic rings. The van der Waals surface area contributed by atoms with Gasteiger partial charge in [-0.2, -0.15) is 0 Å². The average molecular weight is 417 g/mol. The van der Waals surface area contributed by atoms with Crippen molar-refractivity contribution in [1.82, 2.24) is 5.32 Å². The molecule has 0 fully saturated rings. The van der Waals surface area contributed by atoms with Gasteiger partial charge in [0.2, 0.25) is 0 Å². The molecule has 8 heteroatoms. The van der Waals surface area contributed by atoms with Crippen LogP contribution in [0.25, 0.3) is 0 Å². The lowest BCUT2D eigenvalue weighted by Crippen LogP contribution is -2.31. The lowest BCUT2D eigenvalue weighted by molar-refractivity contribution is -0.133. The Morgan fingerprint density at radius 2 is 1.97 bits per heavy atom. The fraction of sp³-hybridized carbons (Fsp3) is 0.364. The van der Waals surface area contributed by atoms with E-state index >= 15 is 0 Å². The van der Waals surface area contributed by atoms with E-state index in [0.29, 0.717) is 22.6 Å². The number of halogens is 1. The second-order valence-electron chi connectivity index (χ2n) is 6.84. The molecule has 1 atom stereocenters. The Bertz CT molecular complexity index is 902. The summed E-state index contributed by atoms with van der Waals surface area (Å²) in [4.78, 5) is 12.8. The van der Waals surface area contributed by atoms with Crippen molar-refractivity contribution in [2.75, 3.05) is 13.7 Å². The number of nitrogens with two attached hydrogens (primary N) is 1. The zero-order valence-electron chi connectivity index (χ0n) is 17.6. The minimum atomic E-state index is -1.10. The van der Waals surface area contributed by atoms with Gasteiger partial charge in [-0.25, -0.2) is 4.39 Å². The molecule has 0 bridgehead atoms. The van der Waals surface area contributed by atoms with Crippen molar-refractivity contribution in [1.29, 1.82) is 5.41 Å². The highest BCUT2D eigenvalue weighted by atomic mass is 19.1. The first kappa shape index (κ1) is 23.2. The molecule has 0 aliphatic carbocycles. The summed E-state index contributed by atoms with van der Waals surface area (Å²) < 4.78 is 30.8. The van der Waals surface area contributed by atoms with Crippen molar-refractivity contribution < 1.29 is 23.4 Å². The molecule has 1 amide bonds. The van der Waals surface area contributed by atoms with Crippen LogP contribution in [0.1, 0.15) is 43.6 Å². The number of ether oxygens (including phenoxy) is 3. The number of carbonyl (C=O) groups excluding carboxylic acids is 1. The molecule has 7 nitrogen and oxygen atoms in total. The third kappa shape index (κ3) is 5.93. The summed E-state index contributed by atoms with van der Waals surface area (Å²) in [5.74, 6) is -0.273. The van der Waals surface area contributed by atoms with Crippen molar-refractivity contribution in [3.8, 4) is 11.5 Å². The summed E-state index contributed by atoms with van der Waals surface area (Å²) in [6.07, 6.45) is -1.21. The van der Waals surface area contributed by atoms with Crippen molar-refractivity contribution >= 4 is 11.7 Å². The fourth-order valence-corrected chi connectivity index (χ4v) is 2.83. The molecule has 0 aliphatic heterocycles. The van der Waals surface area contributed by atoms with E-state index < -0.39 is 17.8 Å². The Hall–Kier alpha value is -3.13. The lowest BCUT2D eigenvalue weighted by Gasteiger charge is -2.20. The number of nitrogen functional groups attached to an aromatic ring is 1. The van der Waals surface area contributed by atoms with Crippen LogP contribution >= 0.6 is 0 Å². The van der Waals surface area contributed by atoms with Crippen LogP contribution in [0.15, 0.2) is 36.4 Å². The zero-order chi connectivity index (χ0) is 22.3. The molecule has 2 rings (SSSR count). The van der Waals surface area contributed by atoms with E-state index in [4.69, 9.17) is 25.4 Å². The number of nitrogens with one attached hydrogen (secondary N) is 2. The number of amidine groups is 1. The molecule has 0 unspecified atom stereocenters. The predicted molar refractivity (Wildman–Crippen MR) is 112 cm³/mol. The summed E-state index contributed by atoms with van der Waals surface area (Å²) in [6.45, 7) is 5.86. The minimum absolute atomic E-state index is 0.0782. The maximum absolute atomic E-state index is 14.5. The highest BCUT2D eigenvalue weighted by Gasteiger charge is 2.25. The Balaban J connectivity index is 2.22. The summed E-state index contributed by atoms with van der Waals surface area (Å²) in [5, 5.41) is 10.4. The average Bonchev–Trinajstić information content (AvgIpc) is 2.70. The van der Waals surface area contributed by atoms with Crippen LogP contribution in [0.3, 0.4) is 0 Å². The van der Waals surface area contributed by atoms with Gasteiger partial charge in [0.25, 0.3) is 5.91 Å². The van der Waals surface area contributed by atoms with E-state index in [2.05, 4.69) is 5.32 Å². The number of hydrogen-bond acceptors (Lipinski definition) is 5. The largest absolute Gasteiger partial charge is 0.497 e. The maximum Gasteiger partial charge on any atom is 0.254 e. The van der Waals surface area contributed by atoms with Gasteiger partial charge in [-0.15, -0.1) is 0 Å². The molecule has 162 valence electrons. The molecular weight excluding hydrogens is 389 g/mol. The van der Waals surface area contributed by atoms with Crippen molar-refractivity contribution in [3.05, 3.63) is 58.9 Å². The molecule has 2 aromatic rings. The minimum Gasteiger partial charge on any atom is -0.497 e. The van der Waals surface area contributed by atoms with E-state index in [1.165, 1.54) is 19.2 Å². The fourth-order valence-electron chi connectivity index (χ4n) is 2.83. The first-order chi connectivity index (χ1) is 14.3. The van der Waals surface area contributed by atoms with Crippen molar-refractivity contribution in [3.63, 3.8) is 0 Å². The number of methoxy groups -OCH3 is 1. The number of rotatable bonds is 10. The Morgan fingerprint density at radius 3 is 2.53 bits per heavy atom. The summed E-state index contributed by atoms with van der Waals surface area (Å²) in [5.41, 5.74) is 6.90.